The van der Waals surface area contributed by atoms with E-state index in [9.17, 15) is 31.2 Å². The Kier molecular flexibility index (Phi) is 5.83. The maximum atomic E-state index is 13.3. The molecule has 0 aliphatic carbocycles. The predicted octanol–water partition coefficient (Wildman–Crippen LogP) is 1.41. The van der Waals surface area contributed by atoms with E-state index >= 15 is 0 Å². The number of carbonyl (C=O) groups excluding carboxylic acids is 2. The van der Waals surface area contributed by atoms with Crippen LogP contribution in [-0.4, -0.2) is 50.8 Å². The summed E-state index contributed by atoms with van der Waals surface area (Å²) in [6.45, 7) is -0.402. The Labute approximate surface area is 152 Å². The van der Waals surface area contributed by atoms with E-state index in [1.807, 2.05) is 0 Å². The highest BCUT2D eigenvalue weighted by Gasteiger charge is 2.44. The van der Waals surface area contributed by atoms with E-state index in [2.05, 4.69) is 10.1 Å². The molecule has 1 aliphatic rings. The lowest BCUT2D eigenvalue weighted by molar-refractivity contribution is -0.144. The van der Waals surface area contributed by atoms with Gasteiger partial charge in [-0.1, -0.05) is 11.6 Å². The molecule has 1 aromatic rings. The summed E-state index contributed by atoms with van der Waals surface area (Å²) in [5.74, 6) is -1.67. The first kappa shape index (κ1) is 20.5. The van der Waals surface area contributed by atoms with Crippen molar-refractivity contribution in [1.82, 2.24) is 9.62 Å². The number of esters is 1. The first-order valence-corrected chi connectivity index (χ1v) is 9.03. The molecule has 0 aromatic heterocycles. The number of amides is 1. The van der Waals surface area contributed by atoms with Crippen LogP contribution in [0.25, 0.3) is 0 Å². The van der Waals surface area contributed by atoms with Crippen LogP contribution in [0, 0.1) is 0 Å². The lowest BCUT2D eigenvalue weighted by Gasteiger charge is -2.34. The highest BCUT2D eigenvalue weighted by atomic mass is 35.5. The molecule has 0 radical (unpaired) electrons. The third kappa shape index (κ3) is 4.10. The van der Waals surface area contributed by atoms with Crippen LogP contribution in [0.1, 0.15) is 12.0 Å². The molecule has 26 heavy (non-hydrogen) atoms. The molecule has 1 heterocycles. The average molecular weight is 415 g/mol. The second-order valence-corrected chi connectivity index (χ2v) is 7.64. The SMILES string of the molecule is COC(=O)C[C@@H]1C(=O)NCCN1S(=O)(=O)c1ccc(Cl)cc1C(F)(F)F. The molecule has 1 amide bonds. The summed E-state index contributed by atoms with van der Waals surface area (Å²) >= 11 is 5.56. The van der Waals surface area contributed by atoms with Crippen LogP contribution >= 0.6 is 11.6 Å². The molecule has 1 N–H and O–H groups in total. The van der Waals surface area contributed by atoms with E-state index < -0.39 is 51.0 Å². The molecule has 0 unspecified atom stereocenters. The van der Waals surface area contributed by atoms with Crippen molar-refractivity contribution < 1.29 is 35.9 Å². The first-order valence-electron chi connectivity index (χ1n) is 7.21. The maximum Gasteiger partial charge on any atom is 0.417 e. The van der Waals surface area contributed by atoms with Crippen LogP contribution in [0.5, 0.6) is 0 Å². The van der Waals surface area contributed by atoms with Crippen LogP contribution < -0.4 is 5.32 Å². The van der Waals surface area contributed by atoms with Crippen molar-refractivity contribution in [3.8, 4) is 0 Å². The van der Waals surface area contributed by atoms with Crippen molar-refractivity contribution in [3.05, 3.63) is 28.8 Å². The van der Waals surface area contributed by atoms with Gasteiger partial charge in [0, 0.05) is 18.1 Å². The fraction of sp³-hybridized carbons (Fsp3) is 0.429. The minimum Gasteiger partial charge on any atom is -0.469 e. The van der Waals surface area contributed by atoms with Crippen molar-refractivity contribution in [1.29, 1.82) is 0 Å². The fourth-order valence-corrected chi connectivity index (χ4v) is 4.45. The highest BCUT2D eigenvalue weighted by molar-refractivity contribution is 7.89. The van der Waals surface area contributed by atoms with E-state index in [1.165, 1.54) is 0 Å². The molecule has 2 rings (SSSR count). The van der Waals surface area contributed by atoms with Crippen molar-refractivity contribution >= 4 is 33.5 Å². The maximum absolute atomic E-state index is 13.3. The number of alkyl halides is 3. The molecule has 0 spiro atoms. The average Bonchev–Trinajstić information content (AvgIpc) is 2.55. The lowest BCUT2D eigenvalue weighted by Crippen LogP contribution is -2.57. The van der Waals surface area contributed by atoms with Gasteiger partial charge in [-0.3, -0.25) is 9.59 Å². The quantitative estimate of drug-likeness (QED) is 0.752. The van der Waals surface area contributed by atoms with Crippen LogP contribution in [0.15, 0.2) is 23.1 Å². The van der Waals surface area contributed by atoms with E-state index in [-0.39, 0.29) is 18.1 Å². The van der Waals surface area contributed by atoms with Gasteiger partial charge in [0.05, 0.1) is 24.0 Å². The summed E-state index contributed by atoms with van der Waals surface area (Å²) in [6.07, 6.45) is -5.61. The van der Waals surface area contributed by atoms with Gasteiger partial charge in [0.25, 0.3) is 0 Å². The number of nitrogens with zero attached hydrogens (tertiary/aromatic N) is 1. The summed E-state index contributed by atoms with van der Waals surface area (Å²) < 4.78 is 70.5. The molecular weight excluding hydrogens is 401 g/mol. The third-order valence-electron chi connectivity index (χ3n) is 3.70. The molecule has 12 heteroatoms. The van der Waals surface area contributed by atoms with Crippen molar-refractivity contribution in [3.63, 3.8) is 0 Å². The topological polar surface area (TPSA) is 92.8 Å². The van der Waals surface area contributed by atoms with Crippen molar-refractivity contribution in [2.45, 2.75) is 23.5 Å². The number of piperazine rings is 1. The zero-order valence-electron chi connectivity index (χ0n) is 13.3. The molecule has 1 atom stereocenters. The van der Waals surface area contributed by atoms with E-state index in [1.54, 1.807) is 0 Å². The van der Waals surface area contributed by atoms with Gasteiger partial charge in [-0.25, -0.2) is 8.42 Å². The monoisotopic (exact) mass is 414 g/mol. The number of halogens is 4. The zero-order chi connectivity index (χ0) is 19.7. The van der Waals surface area contributed by atoms with Gasteiger partial charge in [-0.05, 0) is 18.2 Å². The van der Waals surface area contributed by atoms with E-state index in [4.69, 9.17) is 11.6 Å². The van der Waals surface area contributed by atoms with Gasteiger partial charge in [-0.2, -0.15) is 17.5 Å². The number of rotatable bonds is 4. The molecule has 1 aliphatic heterocycles. The van der Waals surface area contributed by atoms with Gasteiger partial charge in [0.2, 0.25) is 15.9 Å². The van der Waals surface area contributed by atoms with Crippen LogP contribution in [0.2, 0.25) is 5.02 Å². The smallest absolute Gasteiger partial charge is 0.417 e. The number of carbonyl (C=O) groups is 2. The van der Waals surface area contributed by atoms with Gasteiger partial charge in [0.1, 0.15) is 6.04 Å². The molecule has 7 nitrogen and oxygen atoms in total. The summed E-state index contributed by atoms with van der Waals surface area (Å²) in [5, 5.41) is 2.08. The second kappa shape index (κ2) is 7.41. The Hall–Kier alpha value is -1.85. The Balaban J connectivity index is 2.54. The fourth-order valence-electron chi connectivity index (χ4n) is 2.49. The second-order valence-electron chi connectivity index (χ2n) is 5.34. The highest BCUT2D eigenvalue weighted by Crippen LogP contribution is 2.37. The Morgan fingerprint density at radius 2 is 2.08 bits per heavy atom. The lowest BCUT2D eigenvalue weighted by atomic mass is 10.1. The number of benzene rings is 1. The number of methoxy groups -OCH3 is 1. The minimum absolute atomic E-state index is 0.106. The third-order valence-corrected chi connectivity index (χ3v) is 5.90. The zero-order valence-corrected chi connectivity index (χ0v) is 14.9. The first-order chi connectivity index (χ1) is 12.0. The summed E-state index contributed by atoms with van der Waals surface area (Å²) in [7, 11) is -3.70. The molecule has 1 saturated heterocycles. The molecule has 0 bridgehead atoms. The van der Waals surface area contributed by atoms with Gasteiger partial charge in [0.15, 0.2) is 0 Å². The van der Waals surface area contributed by atoms with Crippen molar-refractivity contribution in [2.24, 2.45) is 0 Å². The summed E-state index contributed by atoms with van der Waals surface area (Å²) in [6, 6.07) is 0.705. The van der Waals surface area contributed by atoms with Gasteiger partial charge in [-0.15, -0.1) is 0 Å². The number of nitrogens with one attached hydrogen (secondary N) is 1. The number of sulfonamides is 1. The van der Waals surface area contributed by atoms with E-state index in [0.29, 0.717) is 10.4 Å². The number of hydrogen-bond donors (Lipinski definition) is 1. The van der Waals surface area contributed by atoms with Crippen LogP contribution in [-0.2, 0) is 30.5 Å². The van der Waals surface area contributed by atoms with Crippen LogP contribution in [0.3, 0.4) is 0 Å². The number of hydrogen-bond acceptors (Lipinski definition) is 5. The standard InChI is InChI=1S/C14H14ClF3N2O5S/c1-25-12(21)7-10-13(22)19-4-5-20(10)26(23,24)11-3-2-8(15)6-9(11)14(16,17)18/h2-3,6,10H,4-5,7H2,1H3,(H,19,22)/t10-/m1/s1. The molecular formula is C14H14ClF3N2O5S. The molecule has 1 fully saturated rings. The summed E-state index contributed by atoms with van der Waals surface area (Å²) in [4.78, 5) is 22.4. The Bertz CT molecular complexity index is 828. The van der Waals surface area contributed by atoms with Crippen molar-refractivity contribution in [2.75, 3.05) is 20.2 Å². The molecule has 0 saturated carbocycles. The van der Waals surface area contributed by atoms with Gasteiger partial charge >= 0.3 is 12.1 Å². The Morgan fingerprint density at radius 3 is 2.65 bits per heavy atom. The van der Waals surface area contributed by atoms with E-state index in [0.717, 1.165) is 19.2 Å². The minimum atomic E-state index is -4.98. The molecule has 144 valence electrons. The largest absolute Gasteiger partial charge is 0.469 e. The van der Waals surface area contributed by atoms with Gasteiger partial charge < -0.3 is 10.1 Å². The Morgan fingerprint density at radius 1 is 1.42 bits per heavy atom. The number of ether oxygens (including phenoxy) is 1. The normalized spacial score (nSPS) is 19.1. The van der Waals surface area contributed by atoms with Crippen LogP contribution in [0.4, 0.5) is 13.2 Å². The molecule has 1 aromatic carbocycles. The summed E-state index contributed by atoms with van der Waals surface area (Å²) in [5.41, 5.74) is -1.45. The predicted molar refractivity (Wildman–Crippen MR) is 83.8 cm³/mol.